The highest BCUT2D eigenvalue weighted by atomic mass is 16.6. The number of nitrogens with one attached hydrogen (secondary N) is 2. The van der Waals surface area contributed by atoms with Gasteiger partial charge in [0.2, 0.25) is 5.60 Å². The fourth-order valence-electron chi connectivity index (χ4n) is 3.24. The summed E-state index contributed by atoms with van der Waals surface area (Å²) in [7, 11) is 0. The minimum Gasteiger partial charge on any atom is -0.466 e. The Morgan fingerprint density at radius 1 is 1.18 bits per heavy atom. The average molecular weight is 376 g/mol. The molecule has 2 aromatic carbocycles. The number of amides is 1. The van der Waals surface area contributed by atoms with Crippen LogP contribution in [-0.4, -0.2) is 11.0 Å². The first-order valence-corrected chi connectivity index (χ1v) is 8.88. The normalized spacial score (nSPS) is 15.2. The largest absolute Gasteiger partial charge is 0.466 e. The van der Waals surface area contributed by atoms with Gasteiger partial charge in [0.15, 0.2) is 0 Å². The smallest absolute Gasteiger partial charge is 0.264 e. The van der Waals surface area contributed by atoms with E-state index >= 15 is 0 Å². The van der Waals surface area contributed by atoms with Crippen molar-refractivity contribution in [3.63, 3.8) is 0 Å². The Labute approximate surface area is 162 Å². The highest BCUT2D eigenvalue weighted by molar-refractivity contribution is 5.98. The molecule has 1 unspecified atom stereocenters. The molecule has 0 bridgehead atoms. The van der Waals surface area contributed by atoms with E-state index in [4.69, 9.17) is 9.25 Å². The van der Waals surface area contributed by atoms with Crippen LogP contribution >= 0.6 is 0 Å². The van der Waals surface area contributed by atoms with E-state index in [1.807, 2.05) is 36.4 Å². The minimum absolute atomic E-state index is 0.0836. The Morgan fingerprint density at radius 2 is 2.00 bits per heavy atom. The predicted molar refractivity (Wildman–Crippen MR) is 105 cm³/mol. The molecule has 4 rings (SSSR count). The van der Waals surface area contributed by atoms with E-state index in [9.17, 15) is 9.90 Å². The summed E-state index contributed by atoms with van der Waals surface area (Å²) in [6.45, 7) is 4.32. The summed E-state index contributed by atoms with van der Waals surface area (Å²) in [5.74, 6) is -0.386. The second-order valence-corrected chi connectivity index (χ2v) is 6.70. The van der Waals surface area contributed by atoms with Crippen molar-refractivity contribution in [3.05, 3.63) is 96.0 Å². The van der Waals surface area contributed by atoms with E-state index in [1.165, 1.54) is 6.26 Å². The molecule has 3 N–H and O–H groups in total. The first kappa shape index (κ1) is 18.0. The number of carbonyl (C=O) groups excluding carboxylic acids is 1. The third kappa shape index (κ3) is 3.43. The van der Waals surface area contributed by atoms with Gasteiger partial charge in [0.1, 0.15) is 12.4 Å². The molecule has 1 amide bonds. The van der Waals surface area contributed by atoms with Crippen LogP contribution in [0, 0.1) is 0 Å². The molecule has 1 aliphatic heterocycles. The molecule has 1 aliphatic rings. The zero-order valence-corrected chi connectivity index (χ0v) is 15.1. The van der Waals surface area contributed by atoms with Crippen LogP contribution in [0.2, 0.25) is 0 Å². The topological polar surface area (TPSA) is 83.7 Å². The Balaban J connectivity index is 1.63. The third-order valence-electron chi connectivity index (χ3n) is 4.72. The monoisotopic (exact) mass is 376 g/mol. The van der Waals surface area contributed by atoms with Crippen LogP contribution in [0.1, 0.15) is 22.5 Å². The maximum Gasteiger partial charge on any atom is 0.264 e. The van der Waals surface area contributed by atoms with Crippen LogP contribution in [0.5, 0.6) is 0 Å². The van der Waals surface area contributed by atoms with Gasteiger partial charge in [-0.15, -0.1) is 0 Å². The molecule has 142 valence electrons. The van der Waals surface area contributed by atoms with E-state index in [-0.39, 0.29) is 12.2 Å². The van der Waals surface area contributed by atoms with Crippen LogP contribution in [0.3, 0.4) is 0 Å². The zero-order chi connectivity index (χ0) is 19.6. The van der Waals surface area contributed by atoms with Gasteiger partial charge < -0.3 is 14.8 Å². The summed E-state index contributed by atoms with van der Waals surface area (Å²) < 4.78 is 5.39. The zero-order valence-electron chi connectivity index (χ0n) is 15.1. The van der Waals surface area contributed by atoms with Gasteiger partial charge in [-0.3, -0.25) is 15.1 Å². The van der Waals surface area contributed by atoms with E-state index in [1.54, 1.807) is 24.3 Å². The van der Waals surface area contributed by atoms with Gasteiger partial charge in [0, 0.05) is 17.7 Å². The molecule has 28 heavy (non-hydrogen) atoms. The summed E-state index contributed by atoms with van der Waals surface area (Å²) in [5.41, 5.74) is 4.68. The summed E-state index contributed by atoms with van der Waals surface area (Å²) in [4.78, 5) is 18.3. The molecular weight excluding hydrogens is 356 g/mol. The quantitative estimate of drug-likeness (QED) is 0.636. The molecule has 0 aliphatic carbocycles. The number of fused-ring (bicyclic) bond motifs is 1. The minimum atomic E-state index is -1.85. The van der Waals surface area contributed by atoms with Crippen LogP contribution in [0.15, 0.2) is 77.9 Å². The summed E-state index contributed by atoms with van der Waals surface area (Å²) in [6.07, 6.45) is 1.52. The molecule has 0 fully saturated rings. The number of benzene rings is 2. The van der Waals surface area contributed by atoms with Crippen molar-refractivity contribution in [2.75, 3.05) is 5.32 Å². The van der Waals surface area contributed by atoms with E-state index in [0.29, 0.717) is 18.0 Å². The lowest BCUT2D eigenvalue weighted by Crippen LogP contribution is -2.42. The second-order valence-electron chi connectivity index (χ2n) is 6.70. The van der Waals surface area contributed by atoms with Gasteiger partial charge in [-0.2, -0.15) is 0 Å². The molecule has 0 saturated heterocycles. The number of carbonyl (C=O) groups is 1. The van der Waals surface area contributed by atoms with Crippen molar-refractivity contribution in [1.29, 1.82) is 0 Å². The van der Waals surface area contributed by atoms with Crippen LogP contribution in [-0.2, 0) is 28.3 Å². The Morgan fingerprint density at radius 3 is 2.75 bits per heavy atom. The molecule has 6 heteroatoms. The van der Waals surface area contributed by atoms with Gasteiger partial charge in [-0.25, -0.2) is 0 Å². The molecule has 0 spiro atoms. The molecule has 2 heterocycles. The van der Waals surface area contributed by atoms with Crippen LogP contribution in [0.25, 0.3) is 5.70 Å². The summed E-state index contributed by atoms with van der Waals surface area (Å²) in [6, 6.07) is 18.0. The standard InChI is InChI=1S/C22H20N2O4/c1-15-19-12-18(10-9-17(19)14-28-24-15)23-21(25)22(26,20-8-5-11-27-20)13-16-6-3-2-4-7-16/h2-12,24,26H,1,13-14H2,(H,23,25). The number of hydrogen-bond acceptors (Lipinski definition) is 5. The summed E-state index contributed by atoms with van der Waals surface area (Å²) in [5, 5.41) is 14.1. The number of rotatable bonds is 5. The second kappa shape index (κ2) is 7.34. The summed E-state index contributed by atoms with van der Waals surface area (Å²) >= 11 is 0. The van der Waals surface area contributed by atoms with Gasteiger partial charge >= 0.3 is 0 Å². The van der Waals surface area contributed by atoms with E-state index in [2.05, 4.69) is 17.4 Å². The van der Waals surface area contributed by atoms with Crippen molar-refractivity contribution in [2.45, 2.75) is 18.6 Å². The molecule has 1 atom stereocenters. The number of hydrogen-bond donors (Lipinski definition) is 3. The van der Waals surface area contributed by atoms with Gasteiger partial charge in [0.25, 0.3) is 5.91 Å². The Bertz CT molecular complexity index is 999. The lowest BCUT2D eigenvalue weighted by Gasteiger charge is -2.26. The first-order valence-electron chi connectivity index (χ1n) is 8.88. The van der Waals surface area contributed by atoms with Crippen LogP contribution in [0.4, 0.5) is 5.69 Å². The van der Waals surface area contributed by atoms with Crippen molar-refractivity contribution >= 4 is 17.3 Å². The molecule has 0 radical (unpaired) electrons. The van der Waals surface area contributed by atoms with Crippen molar-refractivity contribution in [2.24, 2.45) is 0 Å². The van der Waals surface area contributed by atoms with Crippen molar-refractivity contribution in [3.8, 4) is 0 Å². The fraction of sp³-hybridized carbons (Fsp3) is 0.136. The molecule has 3 aromatic rings. The van der Waals surface area contributed by atoms with Gasteiger partial charge in [-0.1, -0.05) is 43.0 Å². The maximum atomic E-state index is 13.1. The molecule has 6 nitrogen and oxygen atoms in total. The van der Waals surface area contributed by atoms with Gasteiger partial charge in [0.05, 0.1) is 12.0 Å². The first-order chi connectivity index (χ1) is 13.6. The fourth-order valence-corrected chi connectivity index (χ4v) is 3.24. The lowest BCUT2D eigenvalue weighted by atomic mass is 9.90. The predicted octanol–water partition coefficient (Wildman–Crippen LogP) is 3.35. The number of furan rings is 1. The SMILES string of the molecule is C=C1NOCc2ccc(NC(=O)C(O)(Cc3ccccc3)c3ccco3)cc21. The molecular formula is C22H20N2O4. The average Bonchev–Trinajstić information content (AvgIpc) is 3.25. The van der Waals surface area contributed by atoms with Crippen LogP contribution < -0.4 is 10.8 Å². The van der Waals surface area contributed by atoms with E-state index in [0.717, 1.165) is 16.7 Å². The molecule has 0 saturated carbocycles. The number of anilines is 1. The van der Waals surface area contributed by atoms with Crippen molar-refractivity contribution < 1.29 is 19.2 Å². The van der Waals surface area contributed by atoms with E-state index < -0.39 is 11.5 Å². The lowest BCUT2D eigenvalue weighted by molar-refractivity contribution is -0.136. The maximum absolute atomic E-state index is 13.1. The Kier molecular flexibility index (Phi) is 4.73. The highest BCUT2D eigenvalue weighted by Crippen LogP contribution is 2.30. The van der Waals surface area contributed by atoms with Gasteiger partial charge in [-0.05, 0) is 35.4 Å². The number of hydroxylamine groups is 1. The highest BCUT2D eigenvalue weighted by Gasteiger charge is 2.41. The van der Waals surface area contributed by atoms with Crippen molar-refractivity contribution in [1.82, 2.24) is 5.48 Å². The molecule has 1 aromatic heterocycles. The Hall–Kier alpha value is -3.35. The number of aliphatic hydroxyl groups is 1. The third-order valence-corrected chi connectivity index (χ3v) is 4.72.